The van der Waals surface area contributed by atoms with Crippen LogP contribution in [0.1, 0.15) is 33.3 Å². The van der Waals surface area contributed by atoms with Gasteiger partial charge in [-0.25, -0.2) is 9.59 Å². The van der Waals surface area contributed by atoms with Crippen molar-refractivity contribution in [2.24, 2.45) is 0 Å². The van der Waals surface area contributed by atoms with E-state index >= 15 is 0 Å². The zero-order chi connectivity index (χ0) is 19.6. The summed E-state index contributed by atoms with van der Waals surface area (Å²) in [5, 5.41) is 3.43. The lowest BCUT2D eigenvalue weighted by molar-refractivity contribution is 0.00589. The van der Waals surface area contributed by atoms with Crippen molar-refractivity contribution in [3.05, 3.63) is 27.2 Å². The van der Waals surface area contributed by atoms with E-state index in [4.69, 9.17) is 16.3 Å². The van der Waals surface area contributed by atoms with E-state index in [0.29, 0.717) is 30.3 Å². The molecule has 1 heterocycles. The van der Waals surface area contributed by atoms with Crippen LogP contribution in [0.15, 0.2) is 16.6 Å². The third-order valence-electron chi connectivity index (χ3n) is 4.05. The minimum Gasteiger partial charge on any atom is -0.444 e. The Kier molecular flexibility index (Phi) is 6.45. The molecule has 1 aromatic rings. The topological polar surface area (TPSA) is 61.9 Å². The molecule has 26 heavy (non-hydrogen) atoms. The van der Waals surface area contributed by atoms with Crippen LogP contribution in [0.4, 0.5) is 15.3 Å². The van der Waals surface area contributed by atoms with Crippen LogP contribution in [0, 0.1) is 6.92 Å². The van der Waals surface area contributed by atoms with Gasteiger partial charge in [-0.3, -0.25) is 0 Å². The number of nitrogens with one attached hydrogen (secondary N) is 1. The monoisotopic (exact) mass is 445 g/mol. The number of hydrogen-bond acceptors (Lipinski definition) is 3. The first kappa shape index (κ1) is 20.8. The molecule has 3 amide bonds. The molecule has 0 spiro atoms. The first-order valence-corrected chi connectivity index (χ1v) is 9.66. The molecule has 6 nitrogen and oxygen atoms in total. The first-order valence-electron chi connectivity index (χ1n) is 8.49. The first-order chi connectivity index (χ1) is 12.0. The van der Waals surface area contributed by atoms with Gasteiger partial charge in [0.25, 0.3) is 0 Å². The number of rotatable bonds is 1. The molecule has 1 fully saturated rings. The fraction of sp³-hybridized carbons (Fsp3) is 0.556. The molecule has 1 N–H and O–H groups in total. The maximum atomic E-state index is 12.6. The Labute approximate surface area is 167 Å². The summed E-state index contributed by atoms with van der Waals surface area (Å²) in [5.74, 6) is 0. The van der Waals surface area contributed by atoms with Crippen LogP contribution in [-0.4, -0.2) is 53.2 Å². The molecule has 2 rings (SSSR count). The quantitative estimate of drug-likeness (QED) is 0.668. The van der Waals surface area contributed by atoms with Gasteiger partial charge in [-0.15, -0.1) is 0 Å². The van der Waals surface area contributed by atoms with Gasteiger partial charge in [0, 0.05) is 35.8 Å². The molecule has 144 valence electrons. The van der Waals surface area contributed by atoms with Gasteiger partial charge in [-0.05, 0) is 68.2 Å². The van der Waals surface area contributed by atoms with Crippen LogP contribution in [0.5, 0.6) is 0 Å². The Balaban J connectivity index is 1.99. The molecule has 1 atom stereocenters. The summed E-state index contributed by atoms with van der Waals surface area (Å²) in [5.41, 5.74) is 1.05. The van der Waals surface area contributed by atoms with E-state index in [2.05, 4.69) is 21.2 Å². The lowest BCUT2D eigenvalue weighted by Crippen LogP contribution is -2.57. The summed E-state index contributed by atoms with van der Waals surface area (Å²) in [6.07, 6.45) is -0.347. The van der Waals surface area contributed by atoms with E-state index in [1.165, 1.54) is 0 Å². The molecular formula is C18H25BrClN3O3. The lowest BCUT2D eigenvalue weighted by atomic mass is 10.2. The van der Waals surface area contributed by atoms with Crippen molar-refractivity contribution in [1.82, 2.24) is 9.80 Å². The van der Waals surface area contributed by atoms with E-state index in [1.54, 1.807) is 15.9 Å². The SMILES string of the molecule is Cc1cc(Br)c(Cl)cc1NC(=O)N1CCN(C(=O)OC(C)(C)C)C(C)C1. The van der Waals surface area contributed by atoms with Crippen LogP contribution in [-0.2, 0) is 4.74 Å². The van der Waals surface area contributed by atoms with Gasteiger partial charge in [-0.2, -0.15) is 0 Å². The van der Waals surface area contributed by atoms with Gasteiger partial charge in [-0.1, -0.05) is 11.6 Å². The van der Waals surface area contributed by atoms with Gasteiger partial charge in [0.1, 0.15) is 5.60 Å². The van der Waals surface area contributed by atoms with Crippen LogP contribution in [0.3, 0.4) is 0 Å². The van der Waals surface area contributed by atoms with Crippen LogP contribution >= 0.6 is 27.5 Å². The molecule has 0 aromatic heterocycles. The third-order valence-corrected chi connectivity index (χ3v) is 5.25. The number of carbonyl (C=O) groups is 2. The number of anilines is 1. The third kappa shape index (κ3) is 5.27. The van der Waals surface area contributed by atoms with Crippen molar-refractivity contribution in [2.45, 2.75) is 46.3 Å². The Bertz CT molecular complexity index is 706. The number of piperazine rings is 1. The second-order valence-corrected chi connectivity index (χ2v) is 8.74. The second kappa shape index (κ2) is 8.05. The standard InChI is InChI=1S/C18H25BrClN3O3/c1-11-8-13(19)14(20)9-15(11)21-16(24)22-6-7-23(12(2)10-22)17(25)26-18(3,4)5/h8-9,12H,6-7,10H2,1-5H3,(H,21,24). The van der Waals surface area contributed by atoms with Crippen molar-refractivity contribution in [2.75, 3.05) is 25.0 Å². The lowest BCUT2D eigenvalue weighted by Gasteiger charge is -2.40. The summed E-state index contributed by atoms with van der Waals surface area (Å²) in [4.78, 5) is 28.2. The van der Waals surface area contributed by atoms with E-state index in [0.717, 1.165) is 10.0 Å². The number of amides is 3. The van der Waals surface area contributed by atoms with E-state index < -0.39 is 5.60 Å². The van der Waals surface area contributed by atoms with Crippen LogP contribution < -0.4 is 5.32 Å². The van der Waals surface area contributed by atoms with Crippen LogP contribution in [0.2, 0.25) is 5.02 Å². The maximum absolute atomic E-state index is 12.6. The predicted octanol–water partition coefficient (Wildman–Crippen LogP) is 4.88. The predicted molar refractivity (Wildman–Crippen MR) is 107 cm³/mol. The Hall–Kier alpha value is -1.47. The maximum Gasteiger partial charge on any atom is 0.410 e. The number of aryl methyl sites for hydroxylation is 1. The van der Waals surface area contributed by atoms with Gasteiger partial charge >= 0.3 is 12.1 Å². The van der Waals surface area contributed by atoms with E-state index in [-0.39, 0.29) is 18.2 Å². The highest BCUT2D eigenvalue weighted by molar-refractivity contribution is 9.10. The van der Waals surface area contributed by atoms with Crippen molar-refractivity contribution >= 4 is 45.3 Å². The minimum atomic E-state index is -0.538. The highest BCUT2D eigenvalue weighted by atomic mass is 79.9. The number of carbonyl (C=O) groups excluding carboxylic acids is 2. The second-order valence-electron chi connectivity index (χ2n) is 7.48. The summed E-state index contributed by atoms with van der Waals surface area (Å²) in [6, 6.07) is 3.25. The average Bonchev–Trinajstić information content (AvgIpc) is 2.50. The highest BCUT2D eigenvalue weighted by Gasteiger charge is 2.32. The number of nitrogens with zero attached hydrogens (tertiary/aromatic N) is 2. The van der Waals surface area contributed by atoms with Gasteiger partial charge in [0.05, 0.1) is 5.02 Å². The van der Waals surface area contributed by atoms with Crippen molar-refractivity contribution in [3.63, 3.8) is 0 Å². The molecule has 1 aliphatic heterocycles. The molecule has 0 bridgehead atoms. The average molecular weight is 447 g/mol. The zero-order valence-corrected chi connectivity index (χ0v) is 18.1. The van der Waals surface area contributed by atoms with Crippen LogP contribution in [0.25, 0.3) is 0 Å². The van der Waals surface area contributed by atoms with Gasteiger partial charge in [0.15, 0.2) is 0 Å². The summed E-state index contributed by atoms with van der Waals surface area (Å²) in [6.45, 7) is 10.6. The Morgan fingerprint density at radius 3 is 2.54 bits per heavy atom. The number of benzene rings is 1. The number of halogens is 2. The van der Waals surface area contributed by atoms with Gasteiger partial charge in [0.2, 0.25) is 0 Å². The van der Waals surface area contributed by atoms with E-state index in [1.807, 2.05) is 40.7 Å². The number of urea groups is 1. The molecule has 1 aliphatic rings. The summed E-state index contributed by atoms with van der Waals surface area (Å²) >= 11 is 9.48. The van der Waals surface area contributed by atoms with Crippen molar-refractivity contribution < 1.29 is 14.3 Å². The van der Waals surface area contributed by atoms with E-state index in [9.17, 15) is 9.59 Å². The minimum absolute atomic E-state index is 0.126. The molecule has 0 radical (unpaired) electrons. The normalized spacial score (nSPS) is 17.9. The van der Waals surface area contributed by atoms with Gasteiger partial charge < -0.3 is 19.9 Å². The summed E-state index contributed by atoms with van der Waals surface area (Å²) in [7, 11) is 0. The molecule has 1 saturated heterocycles. The number of ether oxygens (including phenoxy) is 1. The molecule has 0 aliphatic carbocycles. The highest BCUT2D eigenvalue weighted by Crippen LogP contribution is 2.29. The van der Waals surface area contributed by atoms with Crippen molar-refractivity contribution in [3.8, 4) is 0 Å². The molecule has 1 aromatic carbocycles. The Morgan fingerprint density at radius 2 is 1.96 bits per heavy atom. The largest absolute Gasteiger partial charge is 0.444 e. The summed E-state index contributed by atoms with van der Waals surface area (Å²) < 4.78 is 6.21. The molecule has 8 heteroatoms. The number of hydrogen-bond donors (Lipinski definition) is 1. The smallest absolute Gasteiger partial charge is 0.410 e. The van der Waals surface area contributed by atoms with Crippen molar-refractivity contribution in [1.29, 1.82) is 0 Å². The molecule has 1 unspecified atom stereocenters. The Morgan fingerprint density at radius 1 is 1.31 bits per heavy atom. The zero-order valence-electron chi connectivity index (χ0n) is 15.7. The fourth-order valence-corrected chi connectivity index (χ4v) is 3.33. The molecular weight excluding hydrogens is 422 g/mol. The molecule has 0 saturated carbocycles. The fourth-order valence-electron chi connectivity index (χ4n) is 2.71.